The average Bonchev–Trinajstić information content (AvgIpc) is 2.42. The Bertz CT molecular complexity index is 488. The van der Waals surface area contributed by atoms with Gasteiger partial charge in [0.15, 0.2) is 0 Å². The lowest BCUT2D eigenvalue weighted by Crippen LogP contribution is -2.41. The maximum atomic E-state index is 12.5. The molecule has 0 spiro atoms. The maximum absolute atomic E-state index is 12.5. The van der Waals surface area contributed by atoms with Crippen LogP contribution >= 0.6 is 11.6 Å². The molecule has 1 amide bonds. The molecule has 1 unspecified atom stereocenters. The maximum Gasteiger partial charge on any atom is 0.310 e. The molecule has 0 radical (unpaired) electrons. The van der Waals surface area contributed by atoms with Crippen LogP contribution in [-0.2, 0) is 9.53 Å². The van der Waals surface area contributed by atoms with Gasteiger partial charge in [-0.2, -0.15) is 0 Å². The van der Waals surface area contributed by atoms with Crippen molar-refractivity contribution in [3.05, 3.63) is 34.9 Å². The molecule has 1 atom stereocenters. The van der Waals surface area contributed by atoms with Crippen molar-refractivity contribution >= 4 is 23.5 Å². The number of benzene rings is 1. The molecule has 1 aromatic rings. The Labute approximate surface area is 124 Å². The highest BCUT2D eigenvalue weighted by Gasteiger charge is 2.24. The van der Waals surface area contributed by atoms with Crippen LogP contribution < -0.4 is 0 Å². The van der Waals surface area contributed by atoms with Gasteiger partial charge in [0.05, 0.1) is 13.0 Å². The topological polar surface area (TPSA) is 46.6 Å². The summed E-state index contributed by atoms with van der Waals surface area (Å²) in [5.74, 6) is -0.835. The molecule has 110 valence electrons. The smallest absolute Gasteiger partial charge is 0.310 e. The summed E-state index contributed by atoms with van der Waals surface area (Å²) in [7, 11) is 1.34. The number of esters is 1. The van der Waals surface area contributed by atoms with E-state index >= 15 is 0 Å². The zero-order valence-electron chi connectivity index (χ0n) is 12.2. The summed E-state index contributed by atoms with van der Waals surface area (Å²) in [6.45, 7) is 5.88. The minimum absolute atomic E-state index is 0.0198. The van der Waals surface area contributed by atoms with Gasteiger partial charge in [-0.1, -0.05) is 24.6 Å². The minimum Gasteiger partial charge on any atom is -0.469 e. The van der Waals surface area contributed by atoms with Crippen LogP contribution in [-0.4, -0.2) is 36.5 Å². The highest BCUT2D eigenvalue weighted by molar-refractivity contribution is 6.30. The predicted octanol–water partition coefficient (Wildman–Crippen LogP) is 3.00. The van der Waals surface area contributed by atoms with Crippen LogP contribution in [0.15, 0.2) is 24.3 Å². The Hall–Kier alpha value is -1.55. The summed E-state index contributed by atoms with van der Waals surface area (Å²) in [4.78, 5) is 25.6. The van der Waals surface area contributed by atoms with Crippen molar-refractivity contribution in [3.8, 4) is 0 Å². The van der Waals surface area contributed by atoms with Crippen molar-refractivity contribution in [1.29, 1.82) is 0 Å². The predicted molar refractivity (Wildman–Crippen MR) is 78.8 cm³/mol. The zero-order valence-corrected chi connectivity index (χ0v) is 13.0. The van der Waals surface area contributed by atoms with Crippen molar-refractivity contribution < 1.29 is 14.3 Å². The Morgan fingerprint density at radius 3 is 2.45 bits per heavy atom. The van der Waals surface area contributed by atoms with Crippen molar-refractivity contribution in [1.82, 2.24) is 4.90 Å². The van der Waals surface area contributed by atoms with Gasteiger partial charge in [0.1, 0.15) is 0 Å². The second-order valence-electron chi connectivity index (χ2n) is 4.99. The highest BCUT2D eigenvalue weighted by atomic mass is 35.5. The Kier molecular flexibility index (Phi) is 6.02. The number of halogens is 1. The molecular formula is C15H20ClNO3. The summed E-state index contributed by atoms with van der Waals surface area (Å²) in [6, 6.07) is 6.77. The third-order valence-electron chi connectivity index (χ3n) is 3.03. The van der Waals surface area contributed by atoms with Crippen LogP contribution in [0.2, 0.25) is 5.02 Å². The van der Waals surface area contributed by atoms with Crippen LogP contribution in [0, 0.1) is 5.92 Å². The SMILES string of the molecule is COC(=O)C(C)CN(C(=O)c1cccc(Cl)c1)C(C)C. The molecule has 0 aromatic heterocycles. The fourth-order valence-corrected chi connectivity index (χ4v) is 2.08. The fourth-order valence-electron chi connectivity index (χ4n) is 1.89. The highest BCUT2D eigenvalue weighted by Crippen LogP contribution is 2.16. The molecule has 0 fully saturated rings. The molecule has 0 N–H and O–H groups in total. The van der Waals surface area contributed by atoms with E-state index in [1.54, 1.807) is 36.1 Å². The lowest BCUT2D eigenvalue weighted by atomic mass is 10.1. The van der Waals surface area contributed by atoms with Crippen LogP contribution in [0.4, 0.5) is 0 Å². The molecule has 0 aliphatic rings. The standard InChI is InChI=1S/C15H20ClNO3/c1-10(2)17(9-11(3)15(19)20-4)14(18)12-6-5-7-13(16)8-12/h5-8,10-11H,9H2,1-4H3. The van der Waals surface area contributed by atoms with Gasteiger partial charge >= 0.3 is 5.97 Å². The number of rotatable bonds is 5. The van der Waals surface area contributed by atoms with Crippen molar-refractivity contribution in [3.63, 3.8) is 0 Å². The molecule has 0 saturated heterocycles. The molecule has 0 heterocycles. The second kappa shape index (κ2) is 7.29. The summed E-state index contributed by atoms with van der Waals surface area (Å²) in [5.41, 5.74) is 0.517. The molecule has 0 saturated carbocycles. The van der Waals surface area contributed by atoms with Crippen molar-refractivity contribution in [2.75, 3.05) is 13.7 Å². The Morgan fingerprint density at radius 2 is 1.95 bits per heavy atom. The van der Waals surface area contributed by atoms with Crippen molar-refractivity contribution in [2.24, 2.45) is 5.92 Å². The number of amides is 1. The number of ether oxygens (including phenoxy) is 1. The lowest BCUT2D eigenvalue weighted by Gasteiger charge is -2.29. The number of hydrogen-bond donors (Lipinski definition) is 0. The van der Waals surface area contributed by atoms with Crippen LogP contribution in [0.3, 0.4) is 0 Å². The van der Waals surface area contributed by atoms with E-state index in [0.717, 1.165) is 0 Å². The van der Waals surface area contributed by atoms with Gasteiger partial charge in [0.2, 0.25) is 0 Å². The van der Waals surface area contributed by atoms with E-state index in [1.165, 1.54) is 7.11 Å². The largest absolute Gasteiger partial charge is 0.469 e. The van der Waals surface area contributed by atoms with Gasteiger partial charge in [-0.05, 0) is 32.0 Å². The first-order chi connectivity index (χ1) is 9.36. The zero-order chi connectivity index (χ0) is 15.3. The summed E-state index contributed by atoms with van der Waals surface area (Å²) >= 11 is 5.91. The van der Waals surface area contributed by atoms with Crippen LogP contribution in [0.25, 0.3) is 0 Å². The van der Waals surface area contributed by atoms with E-state index in [-0.39, 0.29) is 23.8 Å². The van der Waals surface area contributed by atoms with Gasteiger partial charge in [-0.15, -0.1) is 0 Å². The first-order valence-electron chi connectivity index (χ1n) is 6.51. The Balaban J connectivity index is 2.91. The van der Waals surface area contributed by atoms with Crippen molar-refractivity contribution in [2.45, 2.75) is 26.8 Å². The third kappa shape index (κ3) is 4.23. The minimum atomic E-state index is -0.370. The van der Waals surface area contributed by atoms with E-state index in [4.69, 9.17) is 16.3 Å². The van der Waals surface area contributed by atoms with Gasteiger partial charge in [-0.3, -0.25) is 9.59 Å². The number of carbonyl (C=O) groups is 2. The quantitative estimate of drug-likeness (QED) is 0.785. The first kappa shape index (κ1) is 16.5. The average molecular weight is 298 g/mol. The molecular weight excluding hydrogens is 278 g/mol. The fraction of sp³-hybridized carbons (Fsp3) is 0.467. The number of hydrogen-bond acceptors (Lipinski definition) is 3. The number of carbonyl (C=O) groups excluding carboxylic acids is 2. The van der Waals surface area contributed by atoms with Gasteiger partial charge < -0.3 is 9.64 Å². The van der Waals surface area contributed by atoms with E-state index in [9.17, 15) is 9.59 Å². The molecule has 4 nitrogen and oxygen atoms in total. The van der Waals surface area contributed by atoms with Gasteiger partial charge in [0.25, 0.3) is 5.91 Å². The molecule has 1 rings (SSSR count). The summed E-state index contributed by atoms with van der Waals surface area (Å²) < 4.78 is 4.70. The molecule has 20 heavy (non-hydrogen) atoms. The van der Waals surface area contributed by atoms with E-state index < -0.39 is 0 Å². The molecule has 0 aliphatic heterocycles. The normalized spacial score (nSPS) is 12.1. The second-order valence-corrected chi connectivity index (χ2v) is 5.42. The van der Waals surface area contributed by atoms with Gasteiger partial charge in [0, 0.05) is 23.2 Å². The molecule has 1 aromatic carbocycles. The third-order valence-corrected chi connectivity index (χ3v) is 3.26. The first-order valence-corrected chi connectivity index (χ1v) is 6.89. The summed E-state index contributed by atoms with van der Waals surface area (Å²) in [6.07, 6.45) is 0. The van der Waals surface area contributed by atoms with Crippen LogP contribution in [0.5, 0.6) is 0 Å². The molecule has 5 heteroatoms. The monoisotopic (exact) mass is 297 g/mol. The van der Waals surface area contributed by atoms with Gasteiger partial charge in [-0.25, -0.2) is 0 Å². The van der Waals surface area contributed by atoms with Crippen LogP contribution in [0.1, 0.15) is 31.1 Å². The summed E-state index contributed by atoms with van der Waals surface area (Å²) in [5, 5.41) is 0.514. The molecule has 0 aliphatic carbocycles. The lowest BCUT2D eigenvalue weighted by molar-refractivity contribution is -0.145. The van der Waals surface area contributed by atoms with E-state index in [1.807, 2.05) is 13.8 Å². The Morgan fingerprint density at radius 1 is 1.30 bits per heavy atom. The molecule has 0 bridgehead atoms. The van der Waals surface area contributed by atoms with E-state index in [2.05, 4.69) is 0 Å². The van der Waals surface area contributed by atoms with E-state index in [0.29, 0.717) is 17.1 Å². The number of methoxy groups -OCH3 is 1. The number of nitrogens with zero attached hydrogens (tertiary/aromatic N) is 1.